The summed E-state index contributed by atoms with van der Waals surface area (Å²) in [6, 6.07) is 0. The first-order chi connectivity index (χ1) is 3.79. The topological polar surface area (TPSA) is 0 Å². The zero-order valence-corrected chi connectivity index (χ0v) is 5.87. The Morgan fingerprint density at radius 3 is 2.88 bits per heavy atom. The van der Waals surface area contributed by atoms with Gasteiger partial charge in [-0.2, -0.15) is 0 Å². The Morgan fingerprint density at radius 1 is 1.75 bits per heavy atom. The molecule has 0 N–H and O–H groups in total. The molecule has 0 spiro atoms. The molecule has 0 saturated carbocycles. The Bertz CT molecular complexity index is 124. The second-order valence-corrected chi connectivity index (χ2v) is 2.87. The monoisotopic (exact) mass is 126 g/mol. The molecule has 0 radical (unpaired) electrons. The molecule has 0 saturated heterocycles. The van der Waals surface area contributed by atoms with Crippen LogP contribution in [-0.4, -0.2) is 4.86 Å². The van der Waals surface area contributed by atoms with Crippen LogP contribution in [0.25, 0.3) is 0 Å². The van der Waals surface area contributed by atoms with Crippen molar-refractivity contribution in [1.29, 1.82) is 0 Å². The maximum Gasteiger partial charge on any atom is 0.0149 e. The summed E-state index contributed by atoms with van der Waals surface area (Å²) in [5.74, 6) is 0.752. The number of rotatable bonds is 0. The molecule has 0 aliphatic heterocycles. The second-order valence-electron chi connectivity index (χ2n) is 2.34. The first kappa shape index (κ1) is 5.96. The number of hydrogen-bond donors (Lipinski definition) is 0. The standard InChI is InChI=1S/C7H10S/c1-6-2-4-7(8)5-3-6/h2,4,6H,3,5H2,1H3. The van der Waals surface area contributed by atoms with Gasteiger partial charge in [-0.3, -0.25) is 0 Å². The summed E-state index contributed by atoms with van der Waals surface area (Å²) in [6.45, 7) is 2.22. The van der Waals surface area contributed by atoms with Gasteiger partial charge in [-0.25, -0.2) is 0 Å². The van der Waals surface area contributed by atoms with Crippen molar-refractivity contribution in [3.8, 4) is 0 Å². The summed E-state index contributed by atoms with van der Waals surface area (Å²) >= 11 is 4.97. The predicted molar refractivity (Wildman–Crippen MR) is 40.1 cm³/mol. The predicted octanol–water partition coefficient (Wildman–Crippen LogP) is 2.34. The number of thiocarbonyl (C=S) groups is 1. The molecular formula is C7H10S. The molecule has 0 bridgehead atoms. The van der Waals surface area contributed by atoms with Gasteiger partial charge in [-0.15, -0.1) is 0 Å². The van der Waals surface area contributed by atoms with Crippen molar-refractivity contribution in [2.45, 2.75) is 19.8 Å². The average Bonchev–Trinajstić information content (AvgIpc) is 1.77. The maximum atomic E-state index is 4.97. The Balaban J connectivity index is 2.55. The fourth-order valence-electron chi connectivity index (χ4n) is 0.821. The van der Waals surface area contributed by atoms with Crippen LogP contribution in [-0.2, 0) is 0 Å². The van der Waals surface area contributed by atoms with Crippen LogP contribution in [0.4, 0.5) is 0 Å². The van der Waals surface area contributed by atoms with Gasteiger partial charge in [-0.1, -0.05) is 31.3 Å². The van der Waals surface area contributed by atoms with E-state index in [4.69, 9.17) is 12.2 Å². The molecule has 0 nitrogen and oxygen atoms in total. The van der Waals surface area contributed by atoms with Crippen molar-refractivity contribution >= 4 is 17.1 Å². The van der Waals surface area contributed by atoms with Crippen LogP contribution in [0.15, 0.2) is 12.2 Å². The quantitative estimate of drug-likeness (QED) is 0.449. The largest absolute Gasteiger partial charge is 0.0849 e. The van der Waals surface area contributed by atoms with Crippen molar-refractivity contribution in [1.82, 2.24) is 0 Å². The van der Waals surface area contributed by atoms with Crippen LogP contribution in [0.1, 0.15) is 19.8 Å². The molecule has 8 heavy (non-hydrogen) atoms. The highest BCUT2D eigenvalue weighted by atomic mass is 32.1. The van der Waals surface area contributed by atoms with E-state index in [1.165, 1.54) is 6.42 Å². The lowest BCUT2D eigenvalue weighted by molar-refractivity contribution is 0.663. The Hall–Kier alpha value is -0.170. The Morgan fingerprint density at radius 2 is 2.50 bits per heavy atom. The van der Waals surface area contributed by atoms with Gasteiger partial charge in [0.1, 0.15) is 0 Å². The SMILES string of the molecule is CC1C=CC(=S)CC1. The molecule has 1 heteroatoms. The highest BCUT2D eigenvalue weighted by Crippen LogP contribution is 2.13. The van der Waals surface area contributed by atoms with Crippen molar-refractivity contribution in [2.75, 3.05) is 0 Å². The normalized spacial score (nSPS) is 28.6. The highest BCUT2D eigenvalue weighted by Gasteiger charge is 2.03. The van der Waals surface area contributed by atoms with E-state index in [-0.39, 0.29) is 0 Å². The smallest absolute Gasteiger partial charge is 0.0149 e. The summed E-state index contributed by atoms with van der Waals surface area (Å²) in [4.78, 5) is 1.11. The lowest BCUT2D eigenvalue weighted by Gasteiger charge is -2.09. The van der Waals surface area contributed by atoms with Gasteiger partial charge in [-0.05, 0) is 18.8 Å². The summed E-state index contributed by atoms with van der Waals surface area (Å²) in [6.07, 6.45) is 6.61. The van der Waals surface area contributed by atoms with Crippen LogP contribution in [0, 0.1) is 5.92 Å². The average molecular weight is 126 g/mol. The summed E-state index contributed by atoms with van der Waals surface area (Å²) in [5.41, 5.74) is 0. The molecule has 0 aromatic heterocycles. The lowest BCUT2D eigenvalue weighted by Crippen LogP contribution is -2.01. The minimum absolute atomic E-state index is 0.752. The fraction of sp³-hybridized carbons (Fsp3) is 0.571. The van der Waals surface area contributed by atoms with Gasteiger partial charge in [0, 0.05) is 4.86 Å². The van der Waals surface area contributed by atoms with Gasteiger partial charge in [0.05, 0.1) is 0 Å². The first-order valence-electron chi connectivity index (χ1n) is 3.00. The molecule has 1 rings (SSSR count). The molecule has 1 aliphatic rings. The molecule has 1 unspecified atom stereocenters. The molecule has 44 valence electrons. The summed E-state index contributed by atoms with van der Waals surface area (Å²) < 4.78 is 0. The minimum Gasteiger partial charge on any atom is -0.0849 e. The molecule has 0 aromatic carbocycles. The minimum atomic E-state index is 0.752. The van der Waals surface area contributed by atoms with E-state index >= 15 is 0 Å². The van der Waals surface area contributed by atoms with Gasteiger partial charge in [0.15, 0.2) is 0 Å². The summed E-state index contributed by atoms with van der Waals surface area (Å²) in [7, 11) is 0. The van der Waals surface area contributed by atoms with Gasteiger partial charge in [0.2, 0.25) is 0 Å². The Kier molecular flexibility index (Phi) is 1.79. The Labute approximate surface area is 55.6 Å². The van der Waals surface area contributed by atoms with Crippen molar-refractivity contribution in [3.05, 3.63) is 12.2 Å². The van der Waals surface area contributed by atoms with Crippen LogP contribution >= 0.6 is 12.2 Å². The van der Waals surface area contributed by atoms with E-state index in [1.807, 2.05) is 0 Å². The van der Waals surface area contributed by atoms with E-state index in [2.05, 4.69) is 19.1 Å². The first-order valence-corrected chi connectivity index (χ1v) is 3.41. The van der Waals surface area contributed by atoms with Crippen LogP contribution < -0.4 is 0 Å². The van der Waals surface area contributed by atoms with Crippen LogP contribution in [0.5, 0.6) is 0 Å². The molecular weight excluding hydrogens is 116 g/mol. The third-order valence-corrected chi connectivity index (χ3v) is 1.80. The van der Waals surface area contributed by atoms with Gasteiger partial charge >= 0.3 is 0 Å². The van der Waals surface area contributed by atoms with E-state index in [1.54, 1.807) is 0 Å². The third kappa shape index (κ3) is 1.41. The van der Waals surface area contributed by atoms with Crippen molar-refractivity contribution < 1.29 is 0 Å². The third-order valence-electron chi connectivity index (χ3n) is 1.46. The maximum absolute atomic E-state index is 4.97. The molecule has 0 aromatic rings. The molecule has 1 atom stereocenters. The highest BCUT2D eigenvalue weighted by molar-refractivity contribution is 7.80. The van der Waals surface area contributed by atoms with Crippen LogP contribution in [0.2, 0.25) is 0 Å². The van der Waals surface area contributed by atoms with E-state index < -0.39 is 0 Å². The van der Waals surface area contributed by atoms with Crippen LogP contribution in [0.3, 0.4) is 0 Å². The summed E-state index contributed by atoms with van der Waals surface area (Å²) in [5, 5.41) is 0. The van der Waals surface area contributed by atoms with Crippen molar-refractivity contribution in [3.63, 3.8) is 0 Å². The number of allylic oxidation sites excluding steroid dienone is 2. The zero-order valence-electron chi connectivity index (χ0n) is 5.05. The van der Waals surface area contributed by atoms with Gasteiger partial charge < -0.3 is 0 Å². The van der Waals surface area contributed by atoms with E-state index in [0.29, 0.717) is 0 Å². The molecule has 0 amide bonds. The van der Waals surface area contributed by atoms with E-state index in [9.17, 15) is 0 Å². The lowest BCUT2D eigenvalue weighted by atomic mass is 9.98. The molecule has 1 aliphatic carbocycles. The molecule has 0 fully saturated rings. The van der Waals surface area contributed by atoms with Gasteiger partial charge in [0.25, 0.3) is 0 Å². The number of hydrogen-bond acceptors (Lipinski definition) is 1. The zero-order chi connectivity index (χ0) is 5.98. The fourth-order valence-corrected chi connectivity index (χ4v) is 1.02. The second kappa shape index (κ2) is 2.40. The molecule has 0 heterocycles. The van der Waals surface area contributed by atoms with Crippen molar-refractivity contribution in [2.24, 2.45) is 5.92 Å². The van der Waals surface area contributed by atoms with E-state index in [0.717, 1.165) is 17.2 Å².